The average Bonchev–Trinajstić information content (AvgIpc) is 2.79. The largest absolute Gasteiger partial charge is 0.444 e. The second kappa shape index (κ2) is 8.97. The maximum atomic E-state index is 12.7. The van der Waals surface area contributed by atoms with Gasteiger partial charge in [0.05, 0.1) is 16.9 Å². The van der Waals surface area contributed by atoms with Crippen molar-refractivity contribution >= 4 is 40.1 Å². The number of carbonyl (C=O) groups excluding carboxylic acids is 2. The second-order valence-corrected chi connectivity index (χ2v) is 9.07. The van der Waals surface area contributed by atoms with Crippen molar-refractivity contribution in [2.24, 2.45) is 0 Å². The monoisotopic (exact) mass is 447 g/mol. The Hall–Kier alpha value is -3.81. The quantitative estimate of drug-likeness (QED) is 0.586. The molecule has 1 saturated heterocycles. The predicted molar refractivity (Wildman–Crippen MR) is 131 cm³/mol. The summed E-state index contributed by atoms with van der Waals surface area (Å²) in [5.41, 5.74) is 7.86. The molecule has 3 aromatic rings. The van der Waals surface area contributed by atoms with E-state index in [4.69, 9.17) is 15.5 Å². The van der Waals surface area contributed by atoms with Gasteiger partial charge >= 0.3 is 6.09 Å². The minimum Gasteiger partial charge on any atom is -0.444 e. The molecule has 33 heavy (non-hydrogen) atoms. The van der Waals surface area contributed by atoms with Crippen LogP contribution >= 0.6 is 0 Å². The van der Waals surface area contributed by atoms with Crippen molar-refractivity contribution in [2.45, 2.75) is 26.4 Å². The van der Waals surface area contributed by atoms with Gasteiger partial charge in [0, 0.05) is 37.1 Å². The highest BCUT2D eigenvalue weighted by molar-refractivity contribution is 6.07. The molecule has 1 fully saturated rings. The molecule has 0 spiro atoms. The van der Waals surface area contributed by atoms with Crippen LogP contribution in [0, 0.1) is 0 Å². The molecule has 3 N–H and O–H groups in total. The first kappa shape index (κ1) is 22.4. The van der Waals surface area contributed by atoms with Gasteiger partial charge in [0.25, 0.3) is 5.91 Å². The molecule has 2 aromatic carbocycles. The normalized spacial score (nSPS) is 14.3. The van der Waals surface area contributed by atoms with Crippen molar-refractivity contribution in [3.63, 3.8) is 0 Å². The number of pyridine rings is 1. The van der Waals surface area contributed by atoms with E-state index in [0.717, 1.165) is 16.7 Å². The van der Waals surface area contributed by atoms with E-state index >= 15 is 0 Å². The molecule has 8 nitrogen and oxygen atoms in total. The molecule has 8 heteroatoms. The van der Waals surface area contributed by atoms with Crippen LogP contribution in [0.3, 0.4) is 0 Å². The van der Waals surface area contributed by atoms with E-state index in [9.17, 15) is 9.59 Å². The van der Waals surface area contributed by atoms with Gasteiger partial charge in [-0.15, -0.1) is 0 Å². The number of rotatable bonds is 3. The number of nitrogens with zero attached hydrogens (tertiary/aromatic N) is 3. The van der Waals surface area contributed by atoms with Crippen molar-refractivity contribution in [2.75, 3.05) is 42.1 Å². The topological polar surface area (TPSA) is 101 Å². The lowest BCUT2D eigenvalue weighted by Gasteiger charge is -2.36. The minimum absolute atomic E-state index is 0.225. The first-order valence-electron chi connectivity index (χ1n) is 11.0. The Bertz CT molecular complexity index is 1180. The zero-order valence-electron chi connectivity index (χ0n) is 19.2. The third-order valence-electron chi connectivity index (χ3n) is 5.40. The molecule has 0 bridgehead atoms. The van der Waals surface area contributed by atoms with Crippen molar-refractivity contribution in [3.8, 4) is 0 Å². The van der Waals surface area contributed by atoms with Gasteiger partial charge in [-0.05, 0) is 63.2 Å². The first-order chi connectivity index (χ1) is 15.7. The van der Waals surface area contributed by atoms with Gasteiger partial charge in [0.1, 0.15) is 11.4 Å². The molecule has 0 aliphatic carbocycles. The van der Waals surface area contributed by atoms with Gasteiger partial charge in [-0.2, -0.15) is 0 Å². The summed E-state index contributed by atoms with van der Waals surface area (Å²) in [6, 6.07) is 16.5. The molecule has 1 aromatic heterocycles. The third kappa shape index (κ3) is 5.34. The summed E-state index contributed by atoms with van der Waals surface area (Å²) >= 11 is 0. The van der Waals surface area contributed by atoms with Crippen LogP contribution in [0.1, 0.15) is 31.1 Å². The molecule has 0 unspecified atom stereocenters. The van der Waals surface area contributed by atoms with Crippen LogP contribution in [-0.4, -0.2) is 53.7 Å². The zero-order chi connectivity index (χ0) is 23.6. The Kier molecular flexibility index (Phi) is 6.09. The van der Waals surface area contributed by atoms with Gasteiger partial charge < -0.3 is 25.6 Å². The minimum atomic E-state index is -0.502. The molecule has 4 rings (SSSR count). The smallest absolute Gasteiger partial charge is 0.410 e. The standard InChI is InChI=1S/C25H29N5O3/c1-25(2,3)33-24(32)30-14-12-29(13-15-30)22-11-9-17-16-18(8-10-20(17)27-22)23(31)28-21-7-5-4-6-19(21)26/h4-11,16H,12-15,26H2,1-3H3,(H,28,31). The van der Waals surface area contributed by atoms with Gasteiger partial charge in [-0.1, -0.05) is 12.1 Å². The summed E-state index contributed by atoms with van der Waals surface area (Å²) in [4.78, 5) is 33.6. The number of nitrogens with one attached hydrogen (secondary N) is 1. The number of aromatic nitrogens is 1. The van der Waals surface area contributed by atoms with E-state index in [1.807, 2.05) is 57.2 Å². The Morgan fingerprint density at radius 2 is 1.73 bits per heavy atom. The number of carbonyl (C=O) groups is 2. The summed E-state index contributed by atoms with van der Waals surface area (Å²) in [5.74, 6) is 0.623. The fourth-order valence-electron chi connectivity index (χ4n) is 3.68. The maximum absolute atomic E-state index is 12.7. The SMILES string of the molecule is CC(C)(C)OC(=O)N1CCN(c2ccc3cc(C(=O)Nc4ccccc4N)ccc3n2)CC1. The number of anilines is 3. The Labute approximate surface area is 193 Å². The Morgan fingerprint density at radius 1 is 1.00 bits per heavy atom. The van der Waals surface area contributed by atoms with E-state index in [1.54, 1.807) is 23.1 Å². The van der Waals surface area contributed by atoms with Crippen molar-refractivity contribution in [1.82, 2.24) is 9.88 Å². The maximum Gasteiger partial charge on any atom is 0.410 e. The fourth-order valence-corrected chi connectivity index (χ4v) is 3.68. The van der Waals surface area contributed by atoms with Gasteiger partial charge in [-0.25, -0.2) is 9.78 Å². The van der Waals surface area contributed by atoms with Crippen LogP contribution < -0.4 is 16.0 Å². The van der Waals surface area contributed by atoms with Crippen molar-refractivity contribution < 1.29 is 14.3 Å². The highest BCUT2D eigenvalue weighted by Gasteiger charge is 2.26. The third-order valence-corrected chi connectivity index (χ3v) is 5.40. The molecule has 1 aliphatic rings. The highest BCUT2D eigenvalue weighted by Crippen LogP contribution is 2.23. The van der Waals surface area contributed by atoms with Crippen LogP contribution in [0.4, 0.5) is 22.0 Å². The summed E-state index contributed by atoms with van der Waals surface area (Å²) < 4.78 is 5.46. The number of ether oxygens (including phenoxy) is 1. The molecule has 2 amide bonds. The van der Waals surface area contributed by atoms with Crippen LogP contribution in [0.25, 0.3) is 10.9 Å². The molecule has 2 heterocycles. The number of fused-ring (bicyclic) bond motifs is 1. The first-order valence-corrected chi connectivity index (χ1v) is 11.0. The zero-order valence-corrected chi connectivity index (χ0v) is 19.2. The Morgan fingerprint density at radius 3 is 2.42 bits per heavy atom. The molecule has 0 atom stereocenters. The van der Waals surface area contributed by atoms with Crippen LogP contribution in [-0.2, 0) is 4.74 Å². The number of hydrogen-bond acceptors (Lipinski definition) is 6. The van der Waals surface area contributed by atoms with Crippen LogP contribution in [0.5, 0.6) is 0 Å². The summed E-state index contributed by atoms with van der Waals surface area (Å²) in [5, 5.41) is 3.72. The van der Waals surface area contributed by atoms with E-state index < -0.39 is 5.60 Å². The number of para-hydroxylation sites is 2. The Balaban J connectivity index is 1.43. The molecule has 1 aliphatic heterocycles. The molecule has 0 saturated carbocycles. The van der Waals surface area contributed by atoms with Crippen molar-refractivity contribution in [3.05, 3.63) is 60.2 Å². The van der Waals surface area contributed by atoms with Gasteiger partial charge in [0.15, 0.2) is 0 Å². The van der Waals surface area contributed by atoms with Crippen LogP contribution in [0.2, 0.25) is 0 Å². The molecular formula is C25H29N5O3. The molecule has 0 radical (unpaired) electrons. The van der Waals surface area contributed by atoms with Gasteiger partial charge in [-0.3, -0.25) is 4.79 Å². The number of nitrogen functional groups attached to an aromatic ring is 1. The number of benzene rings is 2. The fraction of sp³-hybridized carbons (Fsp3) is 0.320. The second-order valence-electron chi connectivity index (χ2n) is 9.07. The molecular weight excluding hydrogens is 418 g/mol. The number of hydrogen-bond donors (Lipinski definition) is 2. The lowest BCUT2D eigenvalue weighted by molar-refractivity contribution is 0.0240. The lowest BCUT2D eigenvalue weighted by Crippen LogP contribution is -2.50. The number of piperazine rings is 1. The van der Waals surface area contributed by atoms with E-state index in [2.05, 4.69) is 10.2 Å². The lowest BCUT2D eigenvalue weighted by atomic mass is 10.1. The summed E-state index contributed by atoms with van der Waals surface area (Å²) in [7, 11) is 0. The van der Waals surface area contributed by atoms with E-state index in [1.165, 1.54) is 0 Å². The van der Waals surface area contributed by atoms with E-state index in [-0.39, 0.29) is 12.0 Å². The van der Waals surface area contributed by atoms with Crippen LogP contribution in [0.15, 0.2) is 54.6 Å². The molecule has 172 valence electrons. The van der Waals surface area contributed by atoms with E-state index in [0.29, 0.717) is 43.1 Å². The van der Waals surface area contributed by atoms with Gasteiger partial charge in [0.2, 0.25) is 0 Å². The summed E-state index contributed by atoms with van der Waals surface area (Å²) in [6.07, 6.45) is -0.281. The highest BCUT2D eigenvalue weighted by atomic mass is 16.6. The summed E-state index contributed by atoms with van der Waals surface area (Å²) in [6.45, 7) is 8.12. The predicted octanol–water partition coefficient (Wildman–Crippen LogP) is 4.13. The number of amides is 2. The average molecular weight is 448 g/mol. The van der Waals surface area contributed by atoms with Crippen molar-refractivity contribution in [1.29, 1.82) is 0 Å². The number of nitrogens with two attached hydrogens (primary N) is 1.